The van der Waals surface area contributed by atoms with Gasteiger partial charge in [-0.05, 0) is 25.8 Å². The molecule has 1 heterocycles. The van der Waals surface area contributed by atoms with E-state index in [0.29, 0.717) is 6.04 Å². The van der Waals surface area contributed by atoms with Gasteiger partial charge in [0.1, 0.15) is 0 Å². The molecule has 12 heavy (non-hydrogen) atoms. The maximum absolute atomic E-state index is 4.10. The summed E-state index contributed by atoms with van der Waals surface area (Å²) in [6.07, 6.45) is 8.53. The SMILES string of the molecule is CCCCCCC1=CC(C)N=N1. The summed E-state index contributed by atoms with van der Waals surface area (Å²) >= 11 is 0. The van der Waals surface area contributed by atoms with Gasteiger partial charge in [0.05, 0.1) is 11.7 Å². The summed E-state index contributed by atoms with van der Waals surface area (Å²) in [5.74, 6) is 0. The lowest BCUT2D eigenvalue weighted by molar-refractivity contribution is 0.661. The molecule has 0 bridgehead atoms. The second-order valence-electron chi connectivity index (χ2n) is 3.42. The third kappa shape index (κ3) is 3.16. The molecular formula is C10H18N2. The van der Waals surface area contributed by atoms with E-state index in [9.17, 15) is 0 Å². The Kier molecular flexibility index (Phi) is 3.98. The minimum atomic E-state index is 0.325. The van der Waals surface area contributed by atoms with Crippen molar-refractivity contribution in [3.05, 3.63) is 11.8 Å². The van der Waals surface area contributed by atoms with Crippen LogP contribution in [0.15, 0.2) is 22.0 Å². The van der Waals surface area contributed by atoms with Crippen molar-refractivity contribution in [2.75, 3.05) is 0 Å². The Morgan fingerprint density at radius 1 is 1.33 bits per heavy atom. The van der Waals surface area contributed by atoms with Crippen molar-refractivity contribution >= 4 is 0 Å². The first-order valence-corrected chi connectivity index (χ1v) is 4.94. The van der Waals surface area contributed by atoms with Crippen LogP contribution in [0.1, 0.15) is 46.0 Å². The maximum Gasteiger partial charge on any atom is 0.0885 e. The Morgan fingerprint density at radius 3 is 2.75 bits per heavy atom. The third-order valence-corrected chi connectivity index (χ3v) is 2.09. The molecule has 0 N–H and O–H groups in total. The number of rotatable bonds is 5. The molecule has 1 unspecified atom stereocenters. The minimum Gasteiger partial charge on any atom is -0.182 e. The topological polar surface area (TPSA) is 24.7 Å². The lowest BCUT2D eigenvalue weighted by Crippen LogP contribution is -1.85. The van der Waals surface area contributed by atoms with Crippen LogP contribution in [0.3, 0.4) is 0 Å². The van der Waals surface area contributed by atoms with Gasteiger partial charge in [0.2, 0.25) is 0 Å². The van der Waals surface area contributed by atoms with Crippen molar-refractivity contribution in [1.29, 1.82) is 0 Å². The highest BCUT2D eigenvalue weighted by Gasteiger charge is 2.05. The summed E-state index contributed by atoms with van der Waals surface area (Å²) in [7, 11) is 0. The summed E-state index contributed by atoms with van der Waals surface area (Å²) in [5.41, 5.74) is 1.19. The summed E-state index contributed by atoms with van der Waals surface area (Å²) in [6.45, 7) is 4.30. The standard InChI is InChI=1S/C10H18N2/c1-3-4-5-6-7-10-8-9(2)11-12-10/h8-9H,3-7H2,1-2H3. The fourth-order valence-electron chi connectivity index (χ4n) is 1.38. The van der Waals surface area contributed by atoms with E-state index in [2.05, 4.69) is 30.2 Å². The highest BCUT2D eigenvalue weighted by atomic mass is 15.1. The fraction of sp³-hybridized carbons (Fsp3) is 0.800. The zero-order valence-corrected chi connectivity index (χ0v) is 8.08. The first kappa shape index (κ1) is 9.43. The van der Waals surface area contributed by atoms with Crippen LogP contribution in [0.4, 0.5) is 0 Å². The average molecular weight is 166 g/mol. The van der Waals surface area contributed by atoms with Gasteiger partial charge in [-0.15, -0.1) is 0 Å². The highest BCUT2D eigenvalue weighted by Crippen LogP contribution is 2.18. The van der Waals surface area contributed by atoms with Crippen molar-refractivity contribution in [3.8, 4) is 0 Å². The Balaban J connectivity index is 2.08. The van der Waals surface area contributed by atoms with Crippen molar-refractivity contribution in [1.82, 2.24) is 0 Å². The first-order valence-electron chi connectivity index (χ1n) is 4.94. The van der Waals surface area contributed by atoms with Gasteiger partial charge in [0.25, 0.3) is 0 Å². The summed E-state index contributed by atoms with van der Waals surface area (Å²) in [4.78, 5) is 0. The molecule has 0 aromatic carbocycles. The number of azo groups is 1. The van der Waals surface area contributed by atoms with E-state index in [-0.39, 0.29) is 0 Å². The van der Waals surface area contributed by atoms with Crippen LogP contribution in [0.5, 0.6) is 0 Å². The van der Waals surface area contributed by atoms with Gasteiger partial charge in [-0.2, -0.15) is 10.2 Å². The molecule has 0 saturated carbocycles. The Bertz CT molecular complexity index is 182. The first-order chi connectivity index (χ1) is 5.83. The van der Waals surface area contributed by atoms with Crippen molar-refractivity contribution in [2.45, 2.75) is 52.0 Å². The van der Waals surface area contributed by atoms with Crippen LogP contribution in [-0.4, -0.2) is 6.04 Å². The largest absolute Gasteiger partial charge is 0.182 e. The molecule has 1 aliphatic heterocycles. The maximum atomic E-state index is 4.10. The van der Waals surface area contributed by atoms with E-state index in [1.54, 1.807) is 0 Å². The molecule has 0 aromatic rings. The third-order valence-electron chi connectivity index (χ3n) is 2.09. The molecule has 1 atom stereocenters. The normalized spacial score (nSPS) is 21.5. The van der Waals surface area contributed by atoms with Gasteiger partial charge in [0, 0.05) is 0 Å². The second kappa shape index (κ2) is 5.07. The zero-order chi connectivity index (χ0) is 8.81. The smallest absolute Gasteiger partial charge is 0.0885 e. The number of allylic oxidation sites excluding steroid dienone is 1. The van der Waals surface area contributed by atoms with Gasteiger partial charge in [-0.25, -0.2) is 0 Å². The predicted molar refractivity (Wildman–Crippen MR) is 51.2 cm³/mol. The lowest BCUT2D eigenvalue weighted by Gasteiger charge is -1.96. The monoisotopic (exact) mass is 166 g/mol. The summed E-state index contributed by atoms with van der Waals surface area (Å²) in [5, 5.41) is 8.15. The fourth-order valence-corrected chi connectivity index (χ4v) is 1.38. The highest BCUT2D eigenvalue weighted by molar-refractivity contribution is 5.08. The lowest BCUT2D eigenvalue weighted by atomic mass is 10.1. The molecule has 0 aliphatic carbocycles. The molecule has 0 aromatic heterocycles. The van der Waals surface area contributed by atoms with E-state index >= 15 is 0 Å². The molecule has 0 fully saturated rings. The number of hydrogen-bond acceptors (Lipinski definition) is 2. The summed E-state index contributed by atoms with van der Waals surface area (Å²) in [6, 6.07) is 0.325. The van der Waals surface area contributed by atoms with Gasteiger partial charge in [0.15, 0.2) is 0 Å². The molecule has 0 spiro atoms. The van der Waals surface area contributed by atoms with E-state index in [1.807, 2.05) is 0 Å². The van der Waals surface area contributed by atoms with Gasteiger partial charge < -0.3 is 0 Å². The molecule has 0 amide bonds. The summed E-state index contributed by atoms with van der Waals surface area (Å²) < 4.78 is 0. The molecule has 1 aliphatic rings. The van der Waals surface area contributed by atoms with Gasteiger partial charge in [-0.1, -0.05) is 26.2 Å². The van der Waals surface area contributed by atoms with Gasteiger partial charge in [-0.3, -0.25) is 0 Å². The van der Waals surface area contributed by atoms with Crippen molar-refractivity contribution in [3.63, 3.8) is 0 Å². The average Bonchev–Trinajstić information content (AvgIpc) is 2.45. The molecule has 0 saturated heterocycles. The number of nitrogens with zero attached hydrogens (tertiary/aromatic N) is 2. The number of hydrogen-bond donors (Lipinski definition) is 0. The van der Waals surface area contributed by atoms with Crippen LogP contribution in [0.2, 0.25) is 0 Å². The zero-order valence-electron chi connectivity index (χ0n) is 8.08. The molecule has 1 rings (SSSR count). The number of unbranched alkanes of at least 4 members (excludes halogenated alkanes) is 3. The van der Waals surface area contributed by atoms with E-state index < -0.39 is 0 Å². The van der Waals surface area contributed by atoms with Crippen molar-refractivity contribution in [2.24, 2.45) is 10.2 Å². The minimum absolute atomic E-state index is 0.325. The molecular weight excluding hydrogens is 148 g/mol. The predicted octanol–water partition coefficient (Wildman–Crippen LogP) is 3.70. The molecule has 68 valence electrons. The van der Waals surface area contributed by atoms with Crippen LogP contribution < -0.4 is 0 Å². The van der Waals surface area contributed by atoms with Crippen LogP contribution in [-0.2, 0) is 0 Å². The molecule has 2 heteroatoms. The second-order valence-corrected chi connectivity index (χ2v) is 3.42. The van der Waals surface area contributed by atoms with E-state index in [1.165, 1.54) is 31.4 Å². The molecule has 0 radical (unpaired) electrons. The Morgan fingerprint density at radius 2 is 2.17 bits per heavy atom. The van der Waals surface area contributed by atoms with Gasteiger partial charge >= 0.3 is 0 Å². The van der Waals surface area contributed by atoms with Crippen LogP contribution >= 0.6 is 0 Å². The quantitative estimate of drug-likeness (QED) is 0.556. The Hall–Kier alpha value is -0.660. The molecule has 2 nitrogen and oxygen atoms in total. The Labute approximate surface area is 74.8 Å². The van der Waals surface area contributed by atoms with E-state index in [4.69, 9.17) is 0 Å². The van der Waals surface area contributed by atoms with E-state index in [0.717, 1.165) is 6.42 Å². The van der Waals surface area contributed by atoms with Crippen LogP contribution in [0, 0.1) is 0 Å². The van der Waals surface area contributed by atoms with Crippen molar-refractivity contribution < 1.29 is 0 Å². The van der Waals surface area contributed by atoms with Crippen LogP contribution in [0.25, 0.3) is 0 Å².